The van der Waals surface area contributed by atoms with E-state index in [-0.39, 0.29) is 5.91 Å². The van der Waals surface area contributed by atoms with Gasteiger partial charge in [0.1, 0.15) is 0 Å². The maximum atomic E-state index is 12.1. The Morgan fingerprint density at radius 1 is 0.913 bits per heavy atom. The first-order valence-electron chi connectivity index (χ1n) is 8.22. The molecule has 23 heavy (non-hydrogen) atoms. The summed E-state index contributed by atoms with van der Waals surface area (Å²) in [7, 11) is 0. The van der Waals surface area contributed by atoms with E-state index in [0.717, 1.165) is 25.9 Å². The van der Waals surface area contributed by atoms with Gasteiger partial charge in [0.15, 0.2) is 0 Å². The van der Waals surface area contributed by atoms with E-state index < -0.39 is 0 Å². The maximum Gasteiger partial charge on any atom is 0.223 e. The highest BCUT2D eigenvalue weighted by molar-refractivity contribution is 5.93. The maximum absolute atomic E-state index is 12.1. The summed E-state index contributed by atoms with van der Waals surface area (Å²) in [6.07, 6.45) is 1.84. The van der Waals surface area contributed by atoms with E-state index >= 15 is 0 Å². The highest BCUT2D eigenvalue weighted by Gasteiger charge is 2.38. The fourth-order valence-electron chi connectivity index (χ4n) is 4.34. The molecule has 0 radical (unpaired) electrons. The van der Waals surface area contributed by atoms with Gasteiger partial charge in [0.05, 0.1) is 5.70 Å². The van der Waals surface area contributed by atoms with Crippen molar-refractivity contribution >= 4 is 17.3 Å². The van der Waals surface area contributed by atoms with Gasteiger partial charge in [0.25, 0.3) is 0 Å². The number of benzene rings is 2. The van der Waals surface area contributed by atoms with Gasteiger partial charge in [0, 0.05) is 49.8 Å². The van der Waals surface area contributed by atoms with Gasteiger partial charge in [-0.25, -0.2) is 0 Å². The Hall–Kier alpha value is -2.55. The second kappa shape index (κ2) is 4.48. The summed E-state index contributed by atoms with van der Waals surface area (Å²) in [6.45, 7) is 3.31. The van der Waals surface area contributed by atoms with Crippen LogP contribution in [0.15, 0.2) is 48.2 Å². The van der Waals surface area contributed by atoms with E-state index in [2.05, 4.69) is 47.4 Å². The molecule has 2 heterocycles. The third kappa shape index (κ3) is 1.68. The van der Waals surface area contributed by atoms with E-state index in [4.69, 9.17) is 0 Å². The minimum absolute atomic E-state index is 0.152. The average molecular weight is 302 g/mol. The number of fused-ring (bicyclic) bond motifs is 2. The molecule has 3 aliphatic rings. The zero-order valence-corrected chi connectivity index (χ0v) is 13.2. The molecule has 1 amide bonds. The number of nitrogens with zero attached hydrogens (tertiary/aromatic N) is 2. The van der Waals surface area contributed by atoms with Crippen LogP contribution in [0.1, 0.15) is 29.2 Å². The van der Waals surface area contributed by atoms with Crippen LogP contribution < -0.4 is 4.90 Å². The van der Waals surface area contributed by atoms with Crippen LogP contribution in [0.5, 0.6) is 0 Å². The van der Waals surface area contributed by atoms with Gasteiger partial charge >= 0.3 is 0 Å². The number of amides is 1. The molecular formula is C20H18N2O. The summed E-state index contributed by atoms with van der Waals surface area (Å²) in [5.41, 5.74) is 9.23. The third-order valence-electron chi connectivity index (χ3n) is 5.29. The van der Waals surface area contributed by atoms with E-state index in [0.29, 0.717) is 0 Å². The largest absolute Gasteiger partial charge is 0.337 e. The van der Waals surface area contributed by atoms with Crippen LogP contribution in [0, 0.1) is 0 Å². The van der Waals surface area contributed by atoms with Gasteiger partial charge in [0.2, 0.25) is 5.91 Å². The van der Waals surface area contributed by atoms with Crippen LogP contribution in [0.25, 0.3) is 5.70 Å². The number of rotatable bonds is 0. The Labute approximate surface area is 135 Å². The van der Waals surface area contributed by atoms with Crippen LogP contribution in [-0.2, 0) is 17.6 Å². The lowest BCUT2D eigenvalue weighted by molar-refractivity contribution is -0.127. The highest BCUT2D eigenvalue weighted by atomic mass is 16.2. The molecule has 0 bridgehead atoms. The van der Waals surface area contributed by atoms with E-state index in [1.54, 1.807) is 6.92 Å². The van der Waals surface area contributed by atoms with E-state index in [1.165, 1.54) is 39.3 Å². The van der Waals surface area contributed by atoms with Gasteiger partial charge < -0.3 is 9.80 Å². The summed E-state index contributed by atoms with van der Waals surface area (Å²) >= 11 is 0. The molecule has 0 saturated heterocycles. The lowest BCUT2D eigenvalue weighted by Crippen LogP contribution is -2.42. The summed E-state index contributed by atoms with van der Waals surface area (Å²) in [5, 5.41) is 0. The first-order valence-corrected chi connectivity index (χ1v) is 8.22. The number of anilines is 1. The van der Waals surface area contributed by atoms with Crippen LogP contribution in [0.4, 0.5) is 5.69 Å². The molecule has 114 valence electrons. The molecule has 5 rings (SSSR count). The van der Waals surface area contributed by atoms with Crippen LogP contribution >= 0.6 is 0 Å². The Bertz CT molecular complexity index is 881. The first-order chi connectivity index (χ1) is 11.2. The third-order valence-corrected chi connectivity index (χ3v) is 5.29. The quantitative estimate of drug-likeness (QED) is 0.746. The molecule has 2 aromatic rings. The predicted molar refractivity (Wildman–Crippen MR) is 91.0 cm³/mol. The summed E-state index contributed by atoms with van der Waals surface area (Å²) in [6, 6.07) is 15.3. The number of hydrogen-bond donors (Lipinski definition) is 0. The normalized spacial score (nSPS) is 17.8. The molecule has 0 spiro atoms. The molecule has 0 fully saturated rings. The van der Waals surface area contributed by atoms with Crippen molar-refractivity contribution in [3.63, 3.8) is 0 Å². The van der Waals surface area contributed by atoms with Crippen molar-refractivity contribution in [2.24, 2.45) is 0 Å². The van der Waals surface area contributed by atoms with E-state index in [9.17, 15) is 4.79 Å². The van der Waals surface area contributed by atoms with Gasteiger partial charge in [-0.15, -0.1) is 0 Å². The summed E-state index contributed by atoms with van der Waals surface area (Å²) in [4.78, 5) is 16.5. The standard InChI is InChI=1S/C20H18N2O/c1-13(23)21-9-10-22-17-8-3-2-5-14(17)11-15-6-4-7-16-12-18(21)20(22)19(15)16/h2-8H,9-12H2,1H3. The lowest BCUT2D eigenvalue weighted by Gasteiger charge is -2.37. The minimum atomic E-state index is 0.152. The Morgan fingerprint density at radius 3 is 2.48 bits per heavy atom. The van der Waals surface area contributed by atoms with Crippen molar-refractivity contribution in [3.05, 3.63) is 70.4 Å². The lowest BCUT2D eigenvalue weighted by atomic mass is 9.97. The smallest absolute Gasteiger partial charge is 0.223 e. The number of allylic oxidation sites excluding steroid dienone is 1. The fraction of sp³-hybridized carbons (Fsp3) is 0.250. The average Bonchev–Trinajstić information content (AvgIpc) is 2.87. The Kier molecular flexibility index (Phi) is 2.52. The zero-order valence-electron chi connectivity index (χ0n) is 13.2. The van der Waals surface area contributed by atoms with Crippen LogP contribution in [0.2, 0.25) is 0 Å². The van der Waals surface area contributed by atoms with Crippen molar-refractivity contribution in [3.8, 4) is 0 Å². The predicted octanol–water partition coefficient (Wildman–Crippen LogP) is 3.18. The molecule has 0 atom stereocenters. The fourth-order valence-corrected chi connectivity index (χ4v) is 4.34. The Balaban J connectivity index is 1.83. The molecule has 0 saturated carbocycles. The van der Waals surface area contributed by atoms with Gasteiger partial charge in [-0.1, -0.05) is 36.4 Å². The van der Waals surface area contributed by atoms with Crippen LogP contribution in [0.3, 0.4) is 0 Å². The van der Waals surface area contributed by atoms with Gasteiger partial charge in [-0.05, 0) is 22.8 Å². The topological polar surface area (TPSA) is 23.6 Å². The number of carbonyl (C=O) groups excluding carboxylic acids is 1. The number of para-hydroxylation sites is 1. The zero-order chi connectivity index (χ0) is 15.6. The van der Waals surface area contributed by atoms with Crippen molar-refractivity contribution in [2.45, 2.75) is 19.8 Å². The van der Waals surface area contributed by atoms with Crippen molar-refractivity contribution in [1.29, 1.82) is 0 Å². The van der Waals surface area contributed by atoms with Crippen molar-refractivity contribution < 1.29 is 4.79 Å². The summed E-state index contributed by atoms with van der Waals surface area (Å²) in [5.74, 6) is 0.152. The van der Waals surface area contributed by atoms with Crippen molar-refractivity contribution in [2.75, 3.05) is 18.0 Å². The minimum Gasteiger partial charge on any atom is -0.337 e. The van der Waals surface area contributed by atoms with E-state index in [1.807, 2.05) is 4.90 Å². The van der Waals surface area contributed by atoms with Gasteiger partial charge in [-0.2, -0.15) is 0 Å². The second-order valence-electron chi connectivity index (χ2n) is 6.55. The molecule has 1 aliphatic carbocycles. The SMILES string of the molecule is CC(=O)N1CCN2C3=C1Cc1cccc(c13)Cc1ccccc12. The molecule has 3 heteroatoms. The van der Waals surface area contributed by atoms with Crippen LogP contribution in [-0.4, -0.2) is 23.9 Å². The molecule has 0 unspecified atom stereocenters. The number of carbonyl (C=O) groups is 1. The molecule has 0 aromatic heterocycles. The molecule has 3 nitrogen and oxygen atoms in total. The summed E-state index contributed by atoms with van der Waals surface area (Å²) < 4.78 is 0. The van der Waals surface area contributed by atoms with Crippen molar-refractivity contribution in [1.82, 2.24) is 4.90 Å². The molecule has 2 aliphatic heterocycles. The Morgan fingerprint density at radius 2 is 1.65 bits per heavy atom. The molecule has 0 N–H and O–H groups in total. The molecule has 2 aromatic carbocycles. The van der Waals surface area contributed by atoms with Gasteiger partial charge in [-0.3, -0.25) is 4.79 Å². The highest BCUT2D eigenvalue weighted by Crippen LogP contribution is 2.46. The second-order valence-corrected chi connectivity index (χ2v) is 6.55. The monoisotopic (exact) mass is 302 g/mol. The first kappa shape index (κ1) is 12.9. The number of hydrogen-bond acceptors (Lipinski definition) is 2. The molecular weight excluding hydrogens is 284 g/mol.